The molecule has 3 amide bonds. The summed E-state index contributed by atoms with van der Waals surface area (Å²) in [5, 5.41) is 18.9. The van der Waals surface area contributed by atoms with Crippen LogP contribution >= 0.6 is 11.6 Å². The van der Waals surface area contributed by atoms with Crippen molar-refractivity contribution in [2.75, 3.05) is 18.4 Å². The molecule has 10 heteroatoms. The van der Waals surface area contributed by atoms with Gasteiger partial charge in [0.15, 0.2) is 0 Å². The third-order valence-electron chi connectivity index (χ3n) is 4.82. The van der Waals surface area contributed by atoms with E-state index in [1.165, 1.54) is 12.1 Å². The number of nitro groups is 1. The number of nitrogens with one attached hydrogen (secondary N) is 3. The summed E-state index contributed by atoms with van der Waals surface area (Å²) in [7, 11) is 0. The molecule has 0 unspecified atom stereocenters. The molecule has 0 heterocycles. The van der Waals surface area contributed by atoms with Crippen LogP contribution in [0.3, 0.4) is 0 Å². The van der Waals surface area contributed by atoms with Crippen LogP contribution < -0.4 is 16.0 Å². The molecule has 9 nitrogen and oxygen atoms in total. The maximum absolute atomic E-state index is 12.3. The third kappa shape index (κ3) is 6.39. The van der Waals surface area contributed by atoms with Crippen molar-refractivity contribution in [2.24, 2.45) is 0 Å². The van der Waals surface area contributed by atoms with Gasteiger partial charge in [-0.2, -0.15) is 0 Å². The van der Waals surface area contributed by atoms with Crippen LogP contribution in [0.1, 0.15) is 36.6 Å². The first kappa shape index (κ1) is 24.4. The highest BCUT2D eigenvalue weighted by Gasteiger charge is 2.16. The zero-order chi connectivity index (χ0) is 24.7. The van der Waals surface area contributed by atoms with E-state index < -0.39 is 10.8 Å². The Morgan fingerprint density at radius 1 is 0.794 bits per heavy atom. The Morgan fingerprint density at radius 2 is 1.29 bits per heavy atom. The minimum atomic E-state index is -0.668. The Balaban J connectivity index is 1.46. The second kappa shape index (κ2) is 11.1. The Hall–Kier alpha value is -4.24. The van der Waals surface area contributed by atoms with E-state index in [1.54, 1.807) is 36.4 Å². The molecule has 174 valence electrons. The van der Waals surface area contributed by atoms with E-state index in [1.807, 2.05) is 19.1 Å². The molecule has 0 fully saturated rings. The molecule has 3 rings (SSSR count). The van der Waals surface area contributed by atoms with Gasteiger partial charge in [0.1, 0.15) is 5.02 Å². The van der Waals surface area contributed by atoms with Gasteiger partial charge in [-0.15, -0.1) is 0 Å². The number of hydrogen-bond acceptors (Lipinski definition) is 5. The lowest BCUT2D eigenvalue weighted by Crippen LogP contribution is -2.34. The second-order valence-corrected chi connectivity index (χ2v) is 7.74. The summed E-state index contributed by atoms with van der Waals surface area (Å²) in [4.78, 5) is 47.0. The maximum atomic E-state index is 12.3. The molecule has 0 saturated heterocycles. The number of carbonyl (C=O) groups excluding carboxylic acids is 3. The minimum absolute atomic E-state index is 0.0606. The predicted molar refractivity (Wildman–Crippen MR) is 128 cm³/mol. The molecule has 0 aliphatic carbocycles. The number of rotatable bonds is 8. The fraction of sp³-hybridized carbons (Fsp3) is 0.125. The average molecular weight is 481 g/mol. The number of amides is 3. The lowest BCUT2D eigenvalue weighted by Gasteiger charge is -2.09. The van der Waals surface area contributed by atoms with Crippen LogP contribution in [0.25, 0.3) is 0 Å². The predicted octanol–water partition coefficient (Wildman–Crippen LogP) is 3.97. The van der Waals surface area contributed by atoms with E-state index >= 15 is 0 Å². The average Bonchev–Trinajstić information content (AvgIpc) is 2.82. The first-order valence-electron chi connectivity index (χ1n) is 10.2. The Morgan fingerprint density at radius 3 is 1.88 bits per heavy atom. The van der Waals surface area contributed by atoms with Crippen LogP contribution in [0, 0.1) is 17.0 Å². The quantitative estimate of drug-likeness (QED) is 0.255. The molecule has 0 aliphatic rings. The van der Waals surface area contributed by atoms with Crippen molar-refractivity contribution in [3.05, 3.63) is 104 Å². The van der Waals surface area contributed by atoms with Gasteiger partial charge in [0.05, 0.1) is 4.92 Å². The van der Waals surface area contributed by atoms with E-state index in [0.29, 0.717) is 16.8 Å². The van der Waals surface area contributed by atoms with Gasteiger partial charge >= 0.3 is 0 Å². The maximum Gasteiger partial charge on any atom is 0.288 e. The highest BCUT2D eigenvalue weighted by molar-refractivity contribution is 6.32. The van der Waals surface area contributed by atoms with Crippen molar-refractivity contribution in [3.63, 3.8) is 0 Å². The monoisotopic (exact) mass is 480 g/mol. The van der Waals surface area contributed by atoms with Gasteiger partial charge in [-0.1, -0.05) is 29.3 Å². The van der Waals surface area contributed by atoms with Crippen LogP contribution in [0.4, 0.5) is 11.4 Å². The first-order valence-corrected chi connectivity index (χ1v) is 10.6. The van der Waals surface area contributed by atoms with Crippen molar-refractivity contribution < 1.29 is 19.3 Å². The molecule has 0 atom stereocenters. The van der Waals surface area contributed by atoms with E-state index in [2.05, 4.69) is 16.0 Å². The van der Waals surface area contributed by atoms with Gasteiger partial charge < -0.3 is 16.0 Å². The van der Waals surface area contributed by atoms with E-state index in [-0.39, 0.29) is 41.2 Å². The minimum Gasteiger partial charge on any atom is -0.350 e. The smallest absolute Gasteiger partial charge is 0.288 e. The number of aryl methyl sites for hydroxylation is 1. The Bertz CT molecular complexity index is 1230. The summed E-state index contributed by atoms with van der Waals surface area (Å²) in [6, 6.07) is 17.3. The molecule has 34 heavy (non-hydrogen) atoms. The summed E-state index contributed by atoms with van der Waals surface area (Å²) >= 11 is 5.74. The van der Waals surface area contributed by atoms with Crippen LogP contribution in [0.5, 0.6) is 0 Å². The number of benzene rings is 3. The highest BCUT2D eigenvalue weighted by Crippen LogP contribution is 2.25. The molecular formula is C24H21ClN4O5. The molecule has 0 saturated carbocycles. The highest BCUT2D eigenvalue weighted by atomic mass is 35.5. The molecular weight excluding hydrogens is 460 g/mol. The lowest BCUT2D eigenvalue weighted by atomic mass is 10.1. The summed E-state index contributed by atoms with van der Waals surface area (Å²) < 4.78 is 0. The summed E-state index contributed by atoms with van der Waals surface area (Å²) in [5.41, 5.74) is 2.24. The number of nitro benzene ring substituents is 1. The number of nitrogens with zero attached hydrogens (tertiary/aromatic N) is 1. The molecule has 0 aliphatic heterocycles. The summed E-state index contributed by atoms with van der Waals surface area (Å²) in [6.07, 6.45) is 0. The lowest BCUT2D eigenvalue weighted by molar-refractivity contribution is -0.384. The van der Waals surface area contributed by atoms with Crippen molar-refractivity contribution >= 4 is 40.7 Å². The SMILES string of the molecule is Cc1ccc(C(=O)Nc2ccc(C(=O)NCCNC(=O)c3ccc(Cl)c([N+](=O)[O-])c3)cc2)cc1. The van der Waals surface area contributed by atoms with Gasteiger partial charge in [0, 0.05) is 41.5 Å². The zero-order valence-electron chi connectivity index (χ0n) is 18.1. The van der Waals surface area contributed by atoms with Crippen molar-refractivity contribution in [3.8, 4) is 0 Å². The summed E-state index contributed by atoms with van der Waals surface area (Å²) in [5.74, 6) is -1.13. The molecule has 3 N–H and O–H groups in total. The van der Waals surface area contributed by atoms with Crippen molar-refractivity contribution in [2.45, 2.75) is 6.92 Å². The number of anilines is 1. The molecule has 0 spiro atoms. The fourth-order valence-corrected chi connectivity index (χ4v) is 3.15. The van der Waals surface area contributed by atoms with Gasteiger partial charge in [0.25, 0.3) is 23.4 Å². The van der Waals surface area contributed by atoms with E-state index in [4.69, 9.17) is 11.6 Å². The molecule has 0 bridgehead atoms. The normalized spacial score (nSPS) is 10.3. The largest absolute Gasteiger partial charge is 0.350 e. The molecule has 3 aromatic carbocycles. The topological polar surface area (TPSA) is 130 Å². The Kier molecular flexibility index (Phi) is 7.94. The molecule has 0 aromatic heterocycles. The summed E-state index contributed by atoms with van der Waals surface area (Å²) in [6.45, 7) is 2.20. The number of halogens is 1. The molecule has 3 aromatic rings. The second-order valence-electron chi connectivity index (χ2n) is 7.33. The van der Waals surface area contributed by atoms with Gasteiger partial charge in [-0.25, -0.2) is 0 Å². The van der Waals surface area contributed by atoms with Crippen LogP contribution in [0.2, 0.25) is 5.02 Å². The standard InChI is InChI=1S/C24H21ClN4O5/c1-15-2-4-17(5-3-15)24(32)28-19-9-6-16(7-10-19)22(30)26-12-13-27-23(31)18-8-11-20(25)21(14-18)29(33)34/h2-11,14H,12-13H2,1H3,(H,26,30)(H,27,31)(H,28,32). The molecule has 0 radical (unpaired) electrons. The van der Waals surface area contributed by atoms with Crippen LogP contribution in [0.15, 0.2) is 66.7 Å². The van der Waals surface area contributed by atoms with Crippen molar-refractivity contribution in [1.29, 1.82) is 0 Å². The fourth-order valence-electron chi connectivity index (χ4n) is 2.96. The van der Waals surface area contributed by atoms with Gasteiger partial charge in [-0.3, -0.25) is 24.5 Å². The van der Waals surface area contributed by atoms with Crippen LogP contribution in [-0.4, -0.2) is 35.7 Å². The third-order valence-corrected chi connectivity index (χ3v) is 5.14. The van der Waals surface area contributed by atoms with E-state index in [0.717, 1.165) is 11.6 Å². The number of hydrogen-bond donors (Lipinski definition) is 3. The van der Waals surface area contributed by atoms with E-state index in [9.17, 15) is 24.5 Å². The Labute approximate surface area is 200 Å². The van der Waals surface area contributed by atoms with Crippen LogP contribution in [-0.2, 0) is 0 Å². The van der Waals surface area contributed by atoms with Gasteiger partial charge in [-0.05, 0) is 55.5 Å². The first-order chi connectivity index (χ1) is 16.2. The van der Waals surface area contributed by atoms with Gasteiger partial charge in [0.2, 0.25) is 0 Å². The zero-order valence-corrected chi connectivity index (χ0v) is 18.9. The van der Waals surface area contributed by atoms with Crippen molar-refractivity contribution in [1.82, 2.24) is 10.6 Å². The number of carbonyl (C=O) groups is 3.